The van der Waals surface area contributed by atoms with Gasteiger partial charge >= 0.3 is 13.4 Å². The molecule has 0 aliphatic heterocycles. The summed E-state index contributed by atoms with van der Waals surface area (Å²) in [6.45, 7) is 8.51. The van der Waals surface area contributed by atoms with Gasteiger partial charge in [0.15, 0.2) is 0 Å². The van der Waals surface area contributed by atoms with Crippen molar-refractivity contribution in [2.24, 2.45) is 0 Å². The summed E-state index contributed by atoms with van der Waals surface area (Å²) in [5, 5.41) is 0. The van der Waals surface area contributed by atoms with Crippen LogP contribution in [0.25, 0.3) is 0 Å². The van der Waals surface area contributed by atoms with Gasteiger partial charge in [-0.2, -0.15) is 0 Å². The Morgan fingerprint density at radius 2 is 0.696 bits per heavy atom. The van der Waals surface area contributed by atoms with Crippen molar-refractivity contribution in [1.29, 1.82) is 0 Å². The van der Waals surface area contributed by atoms with Crippen LogP contribution in [0.15, 0.2) is 0 Å². The van der Waals surface area contributed by atoms with Gasteiger partial charge in [0, 0.05) is 0 Å². The highest BCUT2D eigenvalue weighted by Gasteiger charge is 2.18. The van der Waals surface area contributed by atoms with E-state index in [1.165, 1.54) is 0 Å². The second-order valence-electron chi connectivity index (χ2n) is 5.55. The minimum atomic E-state index is -2.97. The summed E-state index contributed by atoms with van der Waals surface area (Å²) in [6, 6.07) is 0. The fraction of sp³-hybridized carbons (Fsp3) is 1.00. The van der Waals surface area contributed by atoms with Crippen molar-refractivity contribution >= 4 is 37.1 Å². The van der Waals surface area contributed by atoms with Crippen LogP contribution < -0.4 is 0 Å². The maximum Gasteiger partial charge on any atom is 0.325 e. The lowest BCUT2D eigenvalue weighted by molar-refractivity contribution is 0.135. The van der Waals surface area contributed by atoms with E-state index in [1.807, 2.05) is 0 Å². The Labute approximate surface area is 152 Å². The minimum absolute atomic E-state index is 0. The summed E-state index contributed by atoms with van der Waals surface area (Å²) in [5.41, 5.74) is 0. The Morgan fingerprint density at radius 1 is 0.565 bits per heavy atom. The molecule has 0 rings (SSSR count). The van der Waals surface area contributed by atoms with Crippen LogP contribution in [0.3, 0.4) is 0 Å². The van der Waals surface area contributed by atoms with Crippen LogP contribution >= 0.6 is 13.4 Å². The van der Waals surface area contributed by atoms with Gasteiger partial charge in [0.25, 0.3) is 0 Å². The Kier molecular flexibility index (Phi) is 16.7. The molecule has 0 aliphatic carbocycles. The molecule has 0 aromatic carbocycles. The predicted molar refractivity (Wildman–Crippen MR) is 105 cm³/mol. The normalized spacial score (nSPS) is 12.4. The van der Waals surface area contributed by atoms with Crippen LogP contribution in [-0.2, 0) is 41.7 Å². The van der Waals surface area contributed by atoms with E-state index in [0.717, 1.165) is 0 Å². The number of hydrogen-bond donors (Lipinski definition) is 2. The summed E-state index contributed by atoms with van der Waals surface area (Å²) in [4.78, 5) is 18.7. The monoisotopic (exact) mass is 412 g/mol. The van der Waals surface area contributed by atoms with Gasteiger partial charge in [0.1, 0.15) is 0 Å². The lowest BCUT2D eigenvalue weighted by atomic mass is 10.5. The average Bonchev–Trinajstić information content (AvgIpc) is 2.06. The van der Waals surface area contributed by atoms with Gasteiger partial charge in [-0.15, -0.1) is 0 Å². The van der Waals surface area contributed by atoms with E-state index in [1.54, 1.807) is 55.4 Å². The molecule has 0 aromatic rings. The molecule has 0 aliphatic rings. The van der Waals surface area contributed by atoms with Crippen LogP contribution in [0.2, 0.25) is 0 Å². The Morgan fingerprint density at radius 3 is 0.783 bits per heavy atom. The van der Waals surface area contributed by atoms with Gasteiger partial charge in [-0.1, -0.05) is 7.43 Å². The van der Waals surface area contributed by atoms with Crippen molar-refractivity contribution in [1.82, 2.24) is 0 Å². The maximum absolute atomic E-state index is 9.34. The summed E-state index contributed by atoms with van der Waals surface area (Å²) < 4.78 is 20.0. The maximum atomic E-state index is 9.34. The molecule has 0 radical (unpaired) electrons. The van der Waals surface area contributed by atoms with Crippen molar-refractivity contribution in [3.63, 3.8) is 0 Å². The molecule has 0 bridgehead atoms. The molecule has 0 unspecified atom stereocenters. The van der Waals surface area contributed by atoms with E-state index in [-0.39, 0.29) is 31.8 Å². The van der Waals surface area contributed by atoms with Crippen molar-refractivity contribution < 1.29 is 27.9 Å². The molecule has 10 heteroatoms. The topological polar surface area (TPSA) is 77.4 Å². The SMILES string of the molecule is C.CC(C)OP(O)(=S)OC(C)C.CC(C)OP(O)(=S)OC(C)C. The van der Waals surface area contributed by atoms with Crippen LogP contribution in [0.4, 0.5) is 0 Å². The zero-order chi connectivity index (χ0) is 18.1. The van der Waals surface area contributed by atoms with Gasteiger partial charge in [-0.3, -0.25) is 0 Å². The van der Waals surface area contributed by atoms with Gasteiger partial charge in [0.05, 0.1) is 24.4 Å². The molecule has 0 heterocycles. The molecular weight excluding hydrogens is 378 g/mol. The Bertz CT molecular complexity index is 325. The standard InChI is InChI=1S/2C6H15O3PS.CH4/c2*1-5(2)8-10(7,11)9-6(3)4;/h2*5-6H,1-4H3,(H,7,11);1H4. The highest BCUT2D eigenvalue weighted by Crippen LogP contribution is 2.46. The molecule has 6 nitrogen and oxygen atoms in total. The quantitative estimate of drug-likeness (QED) is 0.554. The second kappa shape index (κ2) is 13.3. The highest BCUT2D eigenvalue weighted by molar-refractivity contribution is 8.07. The van der Waals surface area contributed by atoms with E-state index < -0.39 is 13.4 Å². The molecule has 0 amide bonds. The molecule has 144 valence electrons. The van der Waals surface area contributed by atoms with Crippen LogP contribution in [0, 0.1) is 0 Å². The fourth-order valence-electron chi connectivity index (χ4n) is 1.12. The Balaban J connectivity index is -0.000000333. The van der Waals surface area contributed by atoms with E-state index in [4.69, 9.17) is 41.7 Å². The zero-order valence-electron chi connectivity index (χ0n) is 14.5. The molecule has 0 saturated carbocycles. The van der Waals surface area contributed by atoms with Gasteiger partial charge < -0.3 is 27.9 Å². The molecule has 0 fully saturated rings. The minimum Gasteiger partial charge on any atom is -0.324 e. The summed E-state index contributed by atoms with van der Waals surface area (Å²) in [7, 11) is 0. The summed E-state index contributed by atoms with van der Waals surface area (Å²) >= 11 is 9.44. The van der Waals surface area contributed by atoms with Crippen molar-refractivity contribution in [3.05, 3.63) is 0 Å². The first-order valence-corrected chi connectivity index (χ1v) is 12.2. The summed E-state index contributed by atoms with van der Waals surface area (Å²) in [5.74, 6) is 0. The van der Waals surface area contributed by atoms with Crippen molar-refractivity contribution in [2.45, 2.75) is 87.2 Å². The van der Waals surface area contributed by atoms with Gasteiger partial charge in [0.2, 0.25) is 0 Å². The van der Waals surface area contributed by atoms with Crippen LogP contribution in [-0.4, -0.2) is 34.2 Å². The predicted octanol–water partition coefficient (Wildman–Crippen LogP) is 4.74. The smallest absolute Gasteiger partial charge is 0.324 e. The largest absolute Gasteiger partial charge is 0.325 e. The molecule has 23 heavy (non-hydrogen) atoms. The second-order valence-corrected chi connectivity index (χ2v) is 11.0. The molecule has 2 N–H and O–H groups in total. The summed E-state index contributed by atoms with van der Waals surface area (Å²) in [6.07, 6.45) is -0.372. The van der Waals surface area contributed by atoms with E-state index in [2.05, 4.69) is 0 Å². The van der Waals surface area contributed by atoms with E-state index in [9.17, 15) is 9.79 Å². The molecule has 0 saturated heterocycles. The first-order valence-electron chi connectivity index (χ1n) is 7.06. The third-order valence-corrected chi connectivity index (χ3v) is 5.16. The Hall–Kier alpha value is 1.06. The first-order chi connectivity index (χ1) is 9.67. The number of hydrogen-bond acceptors (Lipinski definition) is 6. The first kappa shape index (κ1) is 28.8. The molecule has 0 aromatic heterocycles. The molecule has 0 atom stereocenters. The molecular formula is C13H34O6P2S2. The highest BCUT2D eigenvalue weighted by atomic mass is 32.5. The van der Waals surface area contributed by atoms with Gasteiger partial charge in [-0.25, -0.2) is 0 Å². The van der Waals surface area contributed by atoms with Gasteiger partial charge in [-0.05, 0) is 79.0 Å². The van der Waals surface area contributed by atoms with Crippen LogP contribution in [0.5, 0.6) is 0 Å². The van der Waals surface area contributed by atoms with Crippen molar-refractivity contribution in [2.75, 3.05) is 0 Å². The number of rotatable bonds is 8. The van der Waals surface area contributed by atoms with Crippen LogP contribution in [0.1, 0.15) is 62.8 Å². The zero-order valence-corrected chi connectivity index (χ0v) is 18.0. The average molecular weight is 412 g/mol. The van der Waals surface area contributed by atoms with E-state index in [0.29, 0.717) is 0 Å². The fourth-order valence-corrected chi connectivity index (χ4v) is 5.41. The lowest BCUT2D eigenvalue weighted by Crippen LogP contribution is -2.06. The van der Waals surface area contributed by atoms with Crippen molar-refractivity contribution in [3.8, 4) is 0 Å². The third-order valence-electron chi connectivity index (χ3n) is 1.38. The molecule has 0 spiro atoms. The van der Waals surface area contributed by atoms with E-state index >= 15 is 0 Å². The lowest BCUT2D eigenvalue weighted by Gasteiger charge is -2.19. The third kappa shape index (κ3) is 23.1.